The van der Waals surface area contributed by atoms with Crippen molar-refractivity contribution in [3.05, 3.63) is 34.9 Å². The summed E-state index contributed by atoms with van der Waals surface area (Å²) in [5, 5.41) is 9.43. The lowest BCUT2D eigenvalue weighted by Crippen LogP contribution is -2.30. The first-order chi connectivity index (χ1) is 9.61. The summed E-state index contributed by atoms with van der Waals surface area (Å²) in [6, 6.07) is 7.85. The van der Waals surface area contributed by atoms with Crippen LogP contribution < -0.4 is 5.73 Å². The lowest BCUT2D eigenvalue weighted by molar-refractivity contribution is -0.137. The predicted octanol–water partition coefficient (Wildman–Crippen LogP) is 2.40. The number of nitrogens with two attached hydrogens (primary N) is 1. The van der Waals surface area contributed by atoms with E-state index in [0.717, 1.165) is 37.5 Å². The number of carboxylic acids is 1. The van der Waals surface area contributed by atoms with E-state index in [9.17, 15) is 4.79 Å². The van der Waals surface area contributed by atoms with Gasteiger partial charge in [0.1, 0.15) is 0 Å². The maximum Gasteiger partial charge on any atom is 0.303 e. The molecular weight excluding hydrogens is 276 g/mol. The van der Waals surface area contributed by atoms with Crippen LogP contribution in [0.1, 0.15) is 24.8 Å². The van der Waals surface area contributed by atoms with E-state index in [2.05, 4.69) is 4.90 Å². The third-order valence-electron chi connectivity index (χ3n) is 3.17. The minimum atomic E-state index is -0.735. The Morgan fingerprint density at radius 2 is 1.80 bits per heavy atom. The first-order valence-electron chi connectivity index (χ1n) is 7.00. The number of rotatable bonds is 10. The van der Waals surface area contributed by atoms with Gasteiger partial charge in [0, 0.05) is 18.0 Å². The summed E-state index contributed by atoms with van der Waals surface area (Å²) >= 11 is 5.86. The van der Waals surface area contributed by atoms with E-state index in [1.807, 2.05) is 24.3 Å². The second kappa shape index (κ2) is 9.75. The van der Waals surface area contributed by atoms with E-state index in [-0.39, 0.29) is 6.42 Å². The summed E-state index contributed by atoms with van der Waals surface area (Å²) in [4.78, 5) is 12.8. The molecule has 0 radical (unpaired) electrons. The third kappa shape index (κ3) is 7.48. The van der Waals surface area contributed by atoms with Crippen LogP contribution in [-0.2, 0) is 11.2 Å². The Morgan fingerprint density at radius 1 is 1.15 bits per heavy atom. The predicted molar refractivity (Wildman–Crippen MR) is 82.1 cm³/mol. The molecule has 5 heteroatoms. The van der Waals surface area contributed by atoms with Crippen molar-refractivity contribution in [1.82, 2.24) is 4.90 Å². The second-order valence-electron chi connectivity index (χ2n) is 4.86. The van der Waals surface area contributed by atoms with E-state index >= 15 is 0 Å². The van der Waals surface area contributed by atoms with Crippen molar-refractivity contribution in [3.8, 4) is 0 Å². The van der Waals surface area contributed by atoms with Gasteiger partial charge in [-0.3, -0.25) is 4.79 Å². The number of hydrogen-bond acceptors (Lipinski definition) is 3. The highest BCUT2D eigenvalue weighted by molar-refractivity contribution is 6.30. The van der Waals surface area contributed by atoms with E-state index in [1.54, 1.807) is 0 Å². The molecule has 0 atom stereocenters. The fraction of sp³-hybridized carbons (Fsp3) is 0.533. The summed E-state index contributed by atoms with van der Waals surface area (Å²) in [5.41, 5.74) is 6.78. The third-order valence-corrected chi connectivity index (χ3v) is 3.43. The highest BCUT2D eigenvalue weighted by atomic mass is 35.5. The Bertz CT molecular complexity index is 395. The van der Waals surface area contributed by atoms with Crippen molar-refractivity contribution in [2.24, 2.45) is 5.73 Å². The number of aliphatic carboxylic acids is 1. The van der Waals surface area contributed by atoms with Gasteiger partial charge >= 0.3 is 5.97 Å². The zero-order valence-electron chi connectivity index (χ0n) is 11.7. The Kier molecular flexibility index (Phi) is 8.26. The molecule has 0 saturated heterocycles. The fourth-order valence-corrected chi connectivity index (χ4v) is 2.17. The molecule has 0 spiro atoms. The quantitative estimate of drug-likeness (QED) is 0.696. The van der Waals surface area contributed by atoms with Crippen molar-refractivity contribution in [1.29, 1.82) is 0 Å². The van der Waals surface area contributed by atoms with Crippen LogP contribution in [0, 0.1) is 0 Å². The fourth-order valence-electron chi connectivity index (χ4n) is 2.04. The maximum absolute atomic E-state index is 10.6. The molecule has 0 heterocycles. The van der Waals surface area contributed by atoms with Crippen LogP contribution >= 0.6 is 11.6 Å². The van der Waals surface area contributed by atoms with Gasteiger partial charge in [-0.2, -0.15) is 0 Å². The van der Waals surface area contributed by atoms with Crippen LogP contribution in [0.4, 0.5) is 0 Å². The molecule has 4 nitrogen and oxygen atoms in total. The Hall–Kier alpha value is -1.10. The van der Waals surface area contributed by atoms with Gasteiger partial charge in [0.05, 0.1) is 0 Å². The normalized spacial score (nSPS) is 10.9. The van der Waals surface area contributed by atoms with Gasteiger partial charge < -0.3 is 15.7 Å². The summed E-state index contributed by atoms with van der Waals surface area (Å²) in [6.07, 6.45) is 2.78. The number of carbonyl (C=O) groups is 1. The van der Waals surface area contributed by atoms with Gasteiger partial charge in [0.25, 0.3) is 0 Å². The lowest BCUT2D eigenvalue weighted by atomic mass is 10.1. The molecule has 1 aromatic rings. The van der Waals surface area contributed by atoms with Gasteiger partial charge in [-0.25, -0.2) is 0 Å². The monoisotopic (exact) mass is 298 g/mol. The first kappa shape index (κ1) is 17.0. The molecule has 1 rings (SSSR count). The molecule has 0 saturated carbocycles. The molecule has 0 fully saturated rings. The molecular formula is C15H23ClN2O2. The van der Waals surface area contributed by atoms with Gasteiger partial charge in [0.2, 0.25) is 0 Å². The number of nitrogens with zero attached hydrogens (tertiary/aromatic N) is 1. The van der Waals surface area contributed by atoms with E-state index in [1.165, 1.54) is 5.56 Å². The van der Waals surface area contributed by atoms with Gasteiger partial charge in [0.15, 0.2) is 0 Å². The molecule has 1 aromatic carbocycles. The van der Waals surface area contributed by atoms with Crippen molar-refractivity contribution >= 4 is 17.6 Å². The van der Waals surface area contributed by atoms with Crippen LogP contribution in [0.15, 0.2) is 24.3 Å². The number of benzene rings is 1. The smallest absolute Gasteiger partial charge is 0.303 e. The highest BCUT2D eigenvalue weighted by Crippen LogP contribution is 2.10. The standard InChI is InChI=1S/C15H23ClN2O2/c16-14-6-4-13(5-7-14)8-12-18(11-2-9-17)10-1-3-15(19)20/h4-7H,1-3,8-12,17H2,(H,19,20). The van der Waals surface area contributed by atoms with Crippen LogP contribution in [0.2, 0.25) is 5.02 Å². The van der Waals surface area contributed by atoms with Crippen LogP contribution in [0.25, 0.3) is 0 Å². The summed E-state index contributed by atoms with van der Waals surface area (Å²) in [6.45, 7) is 3.31. The second-order valence-corrected chi connectivity index (χ2v) is 5.29. The summed E-state index contributed by atoms with van der Waals surface area (Å²) in [7, 11) is 0. The SMILES string of the molecule is NCCCN(CCCC(=O)O)CCc1ccc(Cl)cc1. The molecule has 0 unspecified atom stereocenters. The van der Waals surface area contributed by atoms with Crippen molar-refractivity contribution in [3.63, 3.8) is 0 Å². The van der Waals surface area contributed by atoms with Crippen LogP contribution in [-0.4, -0.2) is 42.2 Å². The van der Waals surface area contributed by atoms with Crippen LogP contribution in [0.5, 0.6) is 0 Å². The number of carboxylic acid groups (broad SMARTS) is 1. The molecule has 0 bridgehead atoms. The van der Waals surface area contributed by atoms with Gasteiger partial charge in [-0.05, 0) is 56.6 Å². The number of hydrogen-bond donors (Lipinski definition) is 2. The van der Waals surface area contributed by atoms with Crippen molar-refractivity contribution in [2.75, 3.05) is 26.2 Å². The van der Waals surface area contributed by atoms with E-state index in [4.69, 9.17) is 22.4 Å². The van der Waals surface area contributed by atoms with Gasteiger partial charge in [-0.1, -0.05) is 23.7 Å². The molecule has 0 aromatic heterocycles. The minimum absolute atomic E-state index is 0.222. The topological polar surface area (TPSA) is 66.6 Å². The molecule has 20 heavy (non-hydrogen) atoms. The largest absolute Gasteiger partial charge is 0.481 e. The Morgan fingerprint density at radius 3 is 2.40 bits per heavy atom. The Labute approximate surface area is 125 Å². The molecule has 0 amide bonds. The van der Waals surface area contributed by atoms with Crippen LogP contribution in [0.3, 0.4) is 0 Å². The molecule has 3 N–H and O–H groups in total. The average molecular weight is 299 g/mol. The zero-order valence-corrected chi connectivity index (χ0v) is 12.5. The summed E-state index contributed by atoms with van der Waals surface area (Å²) < 4.78 is 0. The highest BCUT2D eigenvalue weighted by Gasteiger charge is 2.06. The molecule has 0 aliphatic carbocycles. The first-order valence-corrected chi connectivity index (χ1v) is 7.38. The summed E-state index contributed by atoms with van der Waals surface area (Å²) in [5.74, 6) is -0.735. The maximum atomic E-state index is 10.6. The minimum Gasteiger partial charge on any atom is -0.481 e. The number of halogens is 1. The van der Waals surface area contributed by atoms with Crippen molar-refractivity contribution < 1.29 is 9.90 Å². The Balaban J connectivity index is 2.38. The molecule has 112 valence electrons. The van der Waals surface area contributed by atoms with Gasteiger partial charge in [-0.15, -0.1) is 0 Å². The van der Waals surface area contributed by atoms with Crippen molar-refractivity contribution in [2.45, 2.75) is 25.7 Å². The van der Waals surface area contributed by atoms with E-state index in [0.29, 0.717) is 13.0 Å². The average Bonchev–Trinajstić information content (AvgIpc) is 2.42. The molecule has 0 aliphatic heterocycles. The zero-order chi connectivity index (χ0) is 14.8. The molecule has 0 aliphatic rings. The lowest BCUT2D eigenvalue weighted by Gasteiger charge is -2.21. The van der Waals surface area contributed by atoms with E-state index < -0.39 is 5.97 Å².